The topological polar surface area (TPSA) is 66.4 Å². The maximum absolute atomic E-state index is 11.9. The summed E-state index contributed by atoms with van der Waals surface area (Å²) < 4.78 is 0. The fourth-order valence-electron chi connectivity index (χ4n) is 2.81. The standard InChI is InChI=1S/C12H15NO3/c1-2-5-13-11(14)9-7-3-4-8(6-7)10(9)12(15)16/h2-4,7-10H,1,5-6H2,(H,13,14)(H,15,16)/t7-,8-,9-,10-/m0/s1. The van der Waals surface area contributed by atoms with Crippen LogP contribution >= 0.6 is 0 Å². The van der Waals surface area contributed by atoms with Crippen molar-refractivity contribution in [3.8, 4) is 0 Å². The number of carbonyl (C=O) groups excluding carboxylic acids is 1. The van der Waals surface area contributed by atoms with Gasteiger partial charge in [0.2, 0.25) is 5.91 Å². The average Bonchev–Trinajstić information content (AvgIpc) is 2.84. The van der Waals surface area contributed by atoms with Crippen LogP contribution in [0.15, 0.2) is 24.8 Å². The minimum absolute atomic E-state index is 0.0296. The fraction of sp³-hybridized carbons (Fsp3) is 0.500. The molecular weight excluding hydrogens is 206 g/mol. The minimum Gasteiger partial charge on any atom is -0.481 e. The first-order chi connectivity index (χ1) is 7.65. The summed E-state index contributed by atoms with van der Waals surface area (Å²) in [6.45, 7) is 3.91. The van der Waals surface area contributed by atoms with E-state index in [1.54, 1.807) is 6.08 Å². The van der Waals surface area contributed by atoms with Gasteiger partial charge in [-0.05, 0) is 18.3 Å². The molecule has 1 saturated carbocycles. The number of hydrogen-bond donors (Lipinski definition) is 2. The molecular formula is C12H15NO3. The Morgan fingerprint density at radius 3 is 2.56 bits per heavy atom. The predicted molar refractivity (Wildman–Crippen MR) is 58.6 cm³/mol. The van der Waals surface area contributed by atoms with Crippen molar-refractivity contribution in [3.63, 3.8) is 0 Å². The van der Waals surface area contributed by atoms with Gasteiger partial charge in [0, 0.05) is 6.54 Å². The second kappa shape index (κ2) is 4.12. The highest BCUT2D eigenvalue weighted by Crippen LogP contribution is 2.48. The summed E-state index contributed by atoms with van der Waals surface area (Å²) >= 11 is 0. The number of aliphatic carboxylic acids is 1. The third kappa shape index (κ3) is 1.64. The van der Waals surface area contributed by atoms with Crippen molar-refractivity contribution in [2.75, 3.05) is 6.54 Å². The summed E-state index contributed by atoms with van der Waals surface area (Å²) in [4.78, 5) is 23.0. The summed E-state index contributed by atoms with van der Waals surface area (Å²) in [6.07, 6.45) is 6.29. The second-order valence-corrected chi connectivity index (χ2v) is 4.37. The molecule has 4 nitrogen and oxygen atoms in total. The quantitative estimate of drug-likeness (QED) is 0.690. The van der Waals surface area contributed by atoms with Gasteiger partial charge >= 0.3 is 5.97 Å². The molecule has 0 heterocycles. The van der Waals surface area contributed by atoms with E-state index in [4.69, 9.17) is 5.11 Å². The van der Waals surface area contributed by atoms with E-state index in [9.17, 15) is 9.59 Å². The normalized spacial score (nSPS) is 35.0. The molecule has 0 radical (unpaired) electrons. The summed E-state index contributed by atoms with van der Waals surface area (Å²) in [6, 6.07) is 0. The number of hydrogen-bond acceptors (Lipinski definition) is 2. The van der Waals surface area contributed by atoms with E-state index in [0.29, 0.717) is 6.54 Å². The zero-order chi connectivity index (χ0) is 11.7. The van der Waals surface area contributed by atoms with Gasteiger partial charge in [-0.1, -0.05) is 18.2 Å². The molecule has 1 fully saturated rings. The molecule has 4 heteroatoms. The summed E-state index contributed by atoms with van der Waals surface area (Å²) in [5.74, 6) is -1.87. The SMILES string of the molecule is C=CCNC(=O)[C@@H]1[C@@H](C(=O)O)[C@H]2C=C[C@H]1C2. The Labute approximate surface area is 94.0 Å². The molecule has 2 aliphatic rings. The van der Waals surface area contributed by atoms with Crippen LogP contribution in [0.25, 0.3) is 0 Å². The van der Waals surface area contributed by atoms with E-state index >= 15 is 0 Å². The minimum atomic E-state index is -0.865. The number of carbonyl (C=O) groups is 2. The maximum Gasteiger partial charge on any atom is 0.307 e. The molecule has 1 amide bonds. The molecule has 2 aliphatic carbocycles. The average molecular weight is 221 g/mol. The van der Waals surface area contributed by atoms with Gasteiger partial charge in [0.15, 0.2) is 0 Å². The van der Waals surface area contributed by atoms with Crippen molar-refractivity contribution in [3.05, 3.63) is 24.8 Å². The smallest absolute Gasteiger partial charge is 0.307 e. The molecule has 0 aromatic heterocycles. The van der Waals surface area contributed by atoms with Crippen LogP contribution in [-0.4, -0.2) is 23.5 Å². The summed E-state index contributed by atoms with van der Waals surface area (Å²) in [7, 11) is 0. The number of rotatable bonds is 4. The monoisotopic (exact) mass is 221 g/mol. The molecule has 2 N–H and O–H groups in total. The third-order valence-corrected chi connectivity index (χ3v) is 3.47. The Kier molecular flexibility index (Phi) is 2.81. The van der Waals surface area contributed by atoms with E-state index in [0.717, 1.165) is 6.42 Å². The van der Waals surface area contributed by atoms with Crippen LogP contribution in [0.4, 0.5) is 0 Å². The number of fused-ring (bicyclic) bond motifs is 2. The third-order valence-electron chi connectivity index (χ3n) is 3.47. The van der Waals surface area contributed by atoms with Crippen LogP contribution in [0.3, 0.4) is 0 Å². The van der Waals surface area contributed by atoms with E-state index < -0.39 is 17.8 Å². The zero-order valence-electron chi connectivity index (χ0n) is 8.93. The molecule has 0 aliphatic heterocycles. The first-order valence-electron chi connectivity index (χ1n) is 5.45. The molecule has 0 saturated heterocycles. The Bertz CT molecular complexity index is 361. The lowest BCUT2D eigenvalue weighted by Crippen LogP contribution is -2.40. The highest BCUT2D eigenvalue weighted by Gasteiger charge is 2.51. The Morgan fingerprint density at radius 1 is 1.38 bits per heavy atom. The van der Waals surface area contributed by atoms with Gasteiger partial charge in [-0.2, -0.15) is 0 Å². The van der Waals surface area contributed by atoms with Gasteiger partial charge in [-0.15, -0.1) is 6.58 Å². The van der Waals surface area contributed by atoms with E-state index in [1.807, 2.05) is 12.2 Å². The van der Waals surface area contributed by atoms with Crippen LogP contribution in [0.1, 0.15) is 6.42 Å². The van der Waals surface area contributed by atoms with E-state index in [-0.39, 0.29) is 17.7 Å². The molecule has 4 atom stereocenters. The van der Waals surface area contributed by atoms with Crippen molar-refractivity contribution >= 4 is 11.9 Å². The summed E-state index contributed by atoms with van der Waals surface area (Å²) in [5, 5.41) is 11.8. The zero-order valence-corrected chi connectivity index (χ0v) is 8.93. The maximum atomic E-state index is 11.9. The molecule has 2 bridgehead atoms. The highest BCUT2D eigenvalue weighted by molar-refractivity contribution is 5.86. The van der Waals surface area contributed by atoms with Gasteiger partial charge in [0.05, 0.1) is 11.8 Å². The van der Waals surface area contributed by atoms with Crippen LogP contribution in [-0.2, 0) is 9.59 Å². The molecule has 16 heavy (non-hydrogen) atoms. The van der Waals surface area contributed by atoms with Crippen molar-refractivity contribution in [2.45, 2.75) is 6.42 Å². The second-order valence-electron chi connectivity index (χ2n) is 4.37. The van der Waals surface area contributed by atoms with Gasteiger partial charge in [-0.3, -0.25) is 9.59 Å². The van der Waals surface area contributed by atoms with Gasteiger partial charge in [0.25, 0.3) is 0 Å². The number of carboxylic acid groups (broad SMARTS) is 1. The molecule has 86 valence electrons. The van der Waals surface area contributed by atoms with Crippen molar-refractivity contribution < 1.29 is 14.7 Å². The lowest BCUT2D eigenvalue weighted by atomic mass is 9.82. The molecule has 0 aromatic carbocycles. The highest BCUT2D eigenvalue weighted by atomic mass is 16.4. The van der Waals surface area contributed by atoms with Crippen LogP contribution in [0.2, 0.25) is 0 Å². The van der Waals surface area contributed by atoms with Gasteiger partial charge in [-0.25, -0.2) is 0 Å². The van der Waals surface area contributed by atoms with Gasteiger partial charge in [0.1, 0.15) is 0 Å². The molecule has 0 spiro atoms. The number of carboxylic acids is 1. The number of allylic oxidation sites excluding steroid dienone is 2. The lowest BCUT2D eigenvalue weighted by molar-refractivity contribution is -0.147. The first-order valence-corrected chi connectivity index (χ1v) is 5.45. The molecule has 2 rings (SSSR count). The summed E-state index contributed by atoms with van der Waals surface area (Å²) in [5.41, 5.74) is 0. The number of amides is 1. The lowest BCUT2D eigenvalue weighted by Gasteiger charge is -2.23. The molecule has 0 unspecified atom stereocenters. The van der Waals surface area contributed by atoms with Crippen LogP contribution in [0, 0.1) is 23.7 Å². The molecule has 0 aromatic rings. The van der Waals surface area contributed by atoms with Crippen molar-refractivity contribution in [2.24, 2.45) is 23.7 Å². The number of nitrogens with one attached hydrogen (secondary N) is 1. The van der Waals surface area contributed by atoms with Crippen LogP contribution in [0.5, 0.6) is 0 Å². The van der Waals surface area contributed by atoms with E-state index in [2.05, 4.69) is 11.9 Å². The van der Waals surface area contributed by atoms with Crippen molar-refractivity contribution in [1.82, 2.24) is 5.32 Å². The predicted octanol–water partition coefficient (Wildman–Crippen LogP) is 0.811. The first kappa shape index (κ1) is 10.9. The van der Waals surface area contributed by atoms with Gasteiger partial charge < -0.3 is 10.4 Å². The largest absolute Gasteiger partial charge is 0.481 e. The van der Waals surface area contributed by atoms with Crippen LogP contribution < -0.4 is 5.32 Å². The fourth-order valence-corrected chi connectivity index (χ4v) is 2.81. The Hall–Kier alpha value is -1.58. The van der Waals surface area contributed by atoms with E-state index in [1.165, 1.54) is 0 Å². The Balaban J connectivity index is 2.13. The Morgan fingerprint density at radius 2 is 2.00 bits per heavy atom. The van der Waals surface area contributed by atoms with Crippen molar-refractivity contribution in [1.29, 1.82) is 0 Å².